The van der Waals surface area contributed by atoms with Crippen molar-refractivity contribution in [3.8, 4) is 11.5 Å². The Hall–Kier alpha value is -2.36. The Morgan fingerprint density at radius 2 is 1.37 bits per heavy atom. The molecule has 0 spiro atoms. The summed E-state index contributed by atoms with van der Waals surface area (Å²) in [6, 6.07) is 13.1. The lowest BCUT2D eigenvalue weighted by Crippen LogP contribution is -1.91. The summed E-state index contributed by atoms with van der Waals surface area (Å²) in [5, 5.41) is 0. The van der Waals surface area contributed by atoms with Gasteiger partial charge in [-0.15, -0.1) is 0 Å². The monoisotopic (exact) mass is 260 g/mol. The molecular weight excluding hydrogens is 240 g/mol. The molecule has 0 amide bonds. The van der Waals surface area contributed by atoms with Crippen molar-refractivity contribution in [2.45, 2.75) is 6.92 Å². The summed E-state index contributed by atoms with van der Waals surface area (Å²) in [6.07, 6.45) is 0. The number of nitrogen functional groups attached to an aromatic ring is 2. The van der Waals surface area contributed by atoms with Crippen molar-refractivity contribution in [1.29, 1.82) is 0 Å². The van der Waals surface area contributed by atoms with Gasteiger partial charge in [0.1, 0.15) is 11.5 Å². The molecule has 0 heterocycles. The van der Waals surface area contributed by atoms with Gasteiger partial charge in [0.15, 0.2) is 0 Å². The van der Waals surface area contributed by atoms with Crippen LogP contribution in [0.5, 0.6) is 11.5 Å². The minimum absolute atomic E-state index is 0.681. The number of hydrogen-bond acceptors (Lipinski definition) is 4. The molecule has 0 saturated carbocycles. The van der Waals surface area contributed by atoms with E-state index in [1.807, 2.05) is 43.3 Å². The molecule has 0 saturated heterocycles. The molecule has 4 N–H and O–H groups in total. The van der Waals surface area contributed by atoms with Gasteiger partial charge >= 0.3 is 0 Å². The number of rotatable bonds is 2. The molecular formula is C15H20N2O2. The summed E-state index contributed by atoms with van der Waals surface area (Å²) in [5.74, 6) is 1.48. The molecule has 0 atom stereocenters. The first-order chi connectivity index (χ1) is 9.08. The first-order valence-electron chi connectivity index (χ1n) is 5.87. The summed E-state index contributed by atoms with van der Waals surface area (Å²) in [7, 11) is 3.22. The maximum Gasteiger partial charge on any atom is 0.141 e. The molecule has 0 aliphatic heterocycles. The summed E-state index contributed by atoms with van der Waals surface area (Å²) >= 11 is 0. The van der Waals surface area contributed by atoms with Crippen LogP contribution in [0.15, 0.2) is 42.5 Å². The van der Waals surface area contributed by atoms with Gasteiger partial charge < -0.3 is 20.9 Å². The van der Waals surface area contributed by atoms with Gasteiger partial charge in [-0.1, -0.05) is 18.2 Å². The number of hydrogen-bond donors (Lipinski definition) is 2. The molecule has 0 unspecified atom stereocenters. The zero-order valence-corrected chi connectivity index (χ0v) is 11.5. The third-order valence-electron chi connectivity index (χ3n) is 2.52. The number of aryl methyl sites for hydroxylation is 1. The van der Waals surface area contributed by atoms with E-state index < -0.39 is 0 Å². The Bertz CT molecular complexity index is 527. The summed E-state index contributed by atoms with van der Waals surface area (Å²) in [6.45, 7) is 2.00. The SMILES string of the molecule is COc1ccc(C)cc1N.COc1ccccc1N. The molecule has 0 radical (unpaired) electrons. The lowest BCUT2D eigenvalue weighted by Gasteiger charge is -2.03. The minimum Gasteiger partial charge on any atom is -0.495 e. The third-order valence-corrected chi connectivity index (χ3v) is 2.52. The van der Waals surface area contributed by atoms with Crippen molar-refractivity contribution in [2.24, 2.45) is 0 Å². The predicted molar refractivity (Wildman–Crippen MR) is 79.5 cm³/mol. The average molecular weight is 260 g/mol. The van der Waals surface area contributed by atoms with E-state index in [9.17, 15) is 0 Å². The minimum atomic E-state index is 0.681. The number of anilines is 2. The molecule has 2 rings (SSSR count). The van der Waals surface area contributed by atoms with E-state index in [0.717, 1.165) is 17.1 Å². The predicted octanol–water partition coefficient (Wildman–Crippen LogP) is 2.86. The van der Waals surface area contributed by atoms with Crippen LogP contribution in [0.3, 0.4) is 0 Å². The van der Waals surface area contributed by atoms with Crippen LogP contribution in [-0.2, 0) is 0 Å². The van der Waals surface area contributed by atoms with E-state index in [2.05, 4.69) is 0 Å². The van der Waals surface area contributed by atoms with E-state index in [4.69, 9.17) is 20.9 Å². The van der Waals surface area contributed by atoms with Crippen LogP contribution in [0.1, 0.15) is 5.56 Å². The number of methoxy groups -OCH3 is 2. The van der Waals surface area contributed by atoms with Crippen molar-refractivity contribution in [3.05, 3.63) is 48.0 Å². The molecule has 19 heavy (non-hydrogen) atoms. The van der Waals surface area contributed by atoms with Gasteiger partial charge in [-0.05, 0) is 36.8 Å². The molecule has 0 aliphatic rings. The Morgan fingerprint density at radius 3 is 1.84 bits per heavy atom. The van der Waals surface area contributed by atoms with Crippen LogP contribution >= 0.6 is 0 Å². The van der Waals surface area contributed by atoms with Crippen LogP contribution in [0.4, 0.5) is 11.4 Å². The van der Waals surface area contributed by atoms with Gasteiger partial charge in [-0.2, -0.15) is 0 Å². The molecule has 2 aromatic rings. The quantitative estimate of drug-likeness (QED) is 0.814. The molecule has 0 aliphatic carbocycles. The third kappa shape index (κ3) is 4.43. The fraction of sp³-hybridized carbons (Fsp3) is 0.200. The van der Waals surface area contributed by atoms with Gasteiger partial charge in [0.2, 0.25) is 0 Å². The second kappa shape index (κ2) is 7.16. The molecule has 0 aromatic heterocycles. The smallest absolute Gasteiger partial charge is 0.141 e. The first kappa shape index (κ1) is 14.7. The highest BCUT2D eigenvalue weighted by Crippen LogP contribution is 2.20. The van der Waals surface area contributed by atoms with E-state index in [1.54, 1.807) is 20.3 Å². The standard InChI is InChI=1S/C8H11NO.C7H9NO/c1-6-3-4-8(10-2)7(9)5-6;1-9-7-5-3-2-4-6(7)8/h3-5H,9H2,1-2H3;2-5H,8H2,1H3. The molecule has 0 bridgehead atoms. The molecule has 0 fully saturated rings. The molecule has 102 valence electrons. The summed E-state index contributed by atoms with van der Waals surface area (Å²) in [4.78, 5) is 0. The number of nitrogens with two attached hydrogens (primary N) is 2. The maximum absolute atomic E-state index is 5.61. The van der Waals surface area contributed by atoms with Gasteiger partial charge in [0, 0.05) is 0 Å². The Labute approximate surface area is 113 Å². The Kier molecular flexibility index (Phi) is 5.54. The summed E-state index contributed by atoms with van der Waals surface area (Å²) < 4.78 is 9.89. The normalized spacial score (nSPS) is 9.21. The number of ether oxygens (including phenoxy) is 2. The maximum atomic E-state index is 5.61. The topological polar surface area (TPSA) is 70.5 Å². The van der Waals surface area contributed by atoms with Crippen molar-refractivity contribution in [1.82, 2.24) is 0 Å². The second-order valence-electron chi connectivity index (χ2n) is 3.99. The Morgan fingerprint density at radius 1 is 0.789 bits per heavy atom. The van der Waals surface area contributed by atoms with Crippen molar-refractivity contribution in [2.75, 3.05) is 25.7 Å². The van der Waals surface area contributed by atoms with Crippen LogP contribution < -0.4 is 20.9 Å². The van der Waals surface area contributed by atoms with E-state index in [0.29, 0.717) is 11.4 Å². The molecule has 4 heteroatoms. The summed E-state index contributed by atoms with van der Waals surface area (Å²) in [5.41, 5.74) is 13.6. The zero-order valence-electron chi connectivity index (χ0n) is 11.5. The average Bonchev–Trinajstić information content (AvgIpc) is 2.40. The lowest BCUT2D eigenvalue weighted by molar-refractivity contribution is 0.417. The van der Waals surface area contributed by atoms with Gasteiger partial charge in [0.25, 0.3) is 0 Å². The molecule has 2 aromatic carbocycles. The highest BCUT2D eigenvalue weighted by molar-refractivity contribution is 5.54. The largest absolute Gasteiger partial charge is 0.495 e. The first-order valence-corrected chi connectivity index (χ1v) is 5.87. The van der Waals surface area contributed by atoms with Crippen LogP contribution in [0, 0.1) is 6.92 Å². The zero-order chi connectivity index (χ0) is 14.3. The fourth-order valence-electron chi connectivity index (χ4n) is 1.52. The van der Waals surface area contributed by atoms with E-state index >= 15 is 0 Å². The highest BCUT2D eigenvalue weighted by Gasteiger charge is 1.95. The van der Waals surface area contributed by atoms with E-state index in [1.165, 1.54) is 0 Å². The van der Waals surface area contributed by atoms with Crippen LogP contribution in [0.25, 0.3) is 0 Å². The van der Waals surface area contributed by atoms with Crippen molar-refractivity contribution in [3.63, 3.8) is 0 Å². The second-order valence-corrected chi connectivity index (χ2v) is 3.99. The van der Waals surface area contributed by atoms with Gasteiger partial charge in [0.05, 0.1) is 25.6 Å². The van der Waals surface area contributed by atoms with E-state index in [-0.39, 0.29) is 0 Å². The van der Waals surface area contributed by atoms with Crippen molar-refractivity contribution < 1.29 is 9.47 Å². The van der Waals surface area contributed by atoms with Crippen molar-refractivity contribution >= 4 is 11.4 Å². The van der Waals surface area contributed by atoms with Crippen LogP contribution in [0.2, 0.25) is 0 Å². The number of para-hydroxylation sites is 2. The van der Waals surface area contributed by atoms with Gasteiger partial charge in [-0.25, -0.2) is 0 Å². The fourth-order valence-corrected chi connectivity index (χ4v) is 1.52. The number of benzene rings is 2. The van der Waals surface area contributed by atoms with Gasteiger partial charge in [-0.3, -0.25) is 0 Å². The molecule has 4 nitrogen and oxygen atoms in total. The lowest BCUT2D eigenvalue weighted by atomic mass is 10.2. The Balaban J connectivity index is 0.000000191. The van der Waals surface area contributed by atoms with Crippen LogP contribution in [-0.4, -0.2) is 14.2 Å². The highest BCUT2D eigenvalue weighted by atomic mass is 16.5.